The number of thioether (sulfide) groups is 1. The van der Waals surface area contributed by atoms with Crippen LogP contribution in [-0.4, -0.2) is 72.9 Å². The summed E-state index contributed by atoms with van der Waals surface area (Å²) < 4.78 is 0. The van der Waals surface area contributed by atoms with E-state index in [0.29, 0.717) is 42.3 Å². The van der Waals surface area contributed by atoms with Crippen molar-refractivity contribution in [1.29, 1.82) is 0 Å². The van der Waals surface area contributed by atoms with Crippen LogP contribution in [0.4, 0.5) is 0 Å². The summed E-state index contributed by atoms with van der Waals surface area (Å²) in [7, 11) is 0. The molecule has 0 saturated heterocycles. The summed E-state index contributed by atoms with van der Waals surface area (Å²) in [5.41, 5.74) is -2.59. The number of carbonyl (C=O) groups is 5. The molecule has 0 aliphatic heterocycles. The molecular formula is C54H101NO8S. The zero-order valence-electron chi connectivity index (χ0n) is 41.9. The zero-order valence-corrected chi connectivity index (χ0v) is 42.7. The minimum atomic E-state index is -2.59. The van der Waals surface area contributed by atoms with Crippen LogP contribution in [0.2, 0.25) is 0 Å². The first-order valence-corrected chi connectivity index (χ1v) is 28.2. The number of carbonyl (C=O) groups excluding carboxylic acids is 4. The molecule has 0 aromatic carbocycles. The Morgan fingerprint density at radius 1 is 0.422 bits per heavy atom. The lowest BCUT2D eigenvalue weighted by Crippen LogP contribution is -2.66. The van der Waals surface area contributed by atoms with Gasteiger partial charge in [0.05, 0.1) is 6.61 Å². The highest BCUT2D eigenvalue weighted by Gasteiger charge is 2.55. The van der Waals surface area contributed by atoms with Crippen LogP contribution >= 0.6 is 11.8 Å². The molecule has 2 unspecified atom stereocenters. The third-order valence-corrected chi connectivity index (χ3v) is 14.2. The molecule has 0 saturated carbocycles. The number of aliphatic hydroxyl groups excluding tert-OH is 2. The number of Topliss-reactive ketones (excluding diaryl/α,β-unsaturated/α-hetero) is 1. The minimum Gasteiger partial charge on any atom is -0.479 e. The number of rotatable bonds is 49. The standard InChI is InChI=1S/C54H101NO8S/c1-4-7-10-13-16-19-22-25-28-31-34-37-40-43-49(58)54(53(62)63,47-64-52(61)48(57)46-56)55(50(59)44-41-38-35-32-29-26-23-20-17-14-11-8-5-2)51(60)45-42-39-36-33-30-27-24-21-18-15-12-9-6-3/h48,56-57H,4-47H2,1-3H3,(H,62,63). The van der Waals surface area contributed by atoms with Crippen LogP contribution < -0.4 is 0 Å². The van der Waals surface area contributed by atoms with Crippen LogP contribution in [0.25, 0.3) is 0 Å². The smallest absolute Gasteiger partial charge is 0.338 e. The lowest BCUT2D eigenvalue weighted by molar-refractivity contribution is -0.169. The van der Waals surface area contributed by atoms with Crippen molar-refractivity contribution in [3.63, 3.8) is 0 Å². The van der Waals surface area contributed by atoms with E-state index in [1.165, 1.54) is 154 Å². The van der Waals surface area contributed by atoms with Crippen LogP contribution in [0.15, 0.2) is 0 Å². The van der Waals surface area contributed by atoms with Gasteiger partial charge in [-0.3, -0.25) is 24.1 Å². The molecule has 0 rings (SSSR count). The molecule has 0 fully saturated rings. The van der Waals surface area contributed by atoms with Crippen molar-refractivity contribution in [3.8, 4) is 0 Å². The van der Waals surface area contributed by atoms with Crippen LogP contribution in [0.3, 0.4) is 0 Å². The molecule has 10 heteroatoms. The SMILES string of the molecule is CCCCCCCCCCCCCCCC(=O)N(C(=O)CCCCCCCCCCCCCCC)C(CSC(=O)C(O)CO)(C(=O)O)C(=O)CCCCCCCCCCCCCCC. The molecule has 0 aliphatic rings. The summed E-state index contributed by atoms with van der Waals surface area (Å²) in [4.78, 5) is 69.7. The summed E-state index contributed by atoms with van der Waals surface area (Å²) in [6.07, 6.45) is 41.4. The van der Waals surface area contributed by atoms with E-state index in [1.807, 2.05) is 0 Å². The second-order valence-electron chi connectivity index (χ2n) is 19.0. The van der Waals surface area contributed by atoms with E-state index in [-0.39, 0.29) is 19.3 Å². The number of imide groups is 1. The third-order valence-electron chi connectivity index (χ3n) is 13.1. The van der Waals surface area contributed by atoms with Crippen LogP contribution in [-0.2, 0) is 24.0 Å². The highest BCUT2D eigenvalue weighted by atomic mass is 32.2. The molecule has 0 aromatic rings. The Kier molecular flexibility index (Phi) is 43.8. The first-order valence-electron chi connectivity index (χ1n) is 27.2. The number of carboxylic acids is 1. The Morgan fingerprint density at radius 2 is 0.672 bits per heavy atom. The molecule has 9 nitrogen and oxygen atoms in total. The largest absolute Gasteiger partial charge is 0.479 e. The van der Waals surface area contributed by atoms with Gasteiger partial charge < -0.3 is 15.3 Å². The van der Waals surface area contributed by atoms with Crippen molar-refractivity contribution in [2.45, 2.75) is 302 Å². The number of ketones is 1. The summed E-state index contributed by atoms with van der Waals surface area (Å²) in [5.74, 6) is -4.49. The highest BCUT2D eigenvalue weighted by molar-refractivity contribution is 8.13. The van der Waals surface area contributed by atoms with Gasteiger partial charge in [0.15, 0.2) is 5.78 Å². The molecule has 0 aliphatic carbocycles. The van der Waals surface area contributed by atoms with Gasteiger partial charge in [0, 0.05) is 25.0 Å². The van der Waals surface area contributed by atoms with E-state index >= 15 is 0 Å². The van der Waals surface area contributed by atoms with Gasteiger partial charge in [-0.1, -0.05) is 264 Å². The van der Waals surface area contributed by atoms with Gasteiger partial charge in [0.1, 0.15) is 6.10 Å². The Hall–Kier alpha value is -1.78. The normalized spacial score (nSPS) is 12.9. The Balaban J connectivity index is 5.66. The Morgan fingerprint density at radius 3 is 0.922 bits per heavy atom. The van der Waals surface area contributed by atoms with Crippen molar-refractivity contribution in [2.24, 2.45) is 0 Å². The number of amides is 2. The molecular weight excluding hydrogens is 823 g/mol. The second kappa shape index (κ2) is 45.0. The fourth-order valence-electron chi connectivity index (χ4n) is 8.78. The number of aliphatic hydroxyl groups is 2. The van der Waals surface area contributed by atoms with E-state index < -0.39 is 52.7 Å². The Bertz CT molecular complexity index is 1110. The molecule has 376 valence electrons. The molecule has 0 aromatic heterocycles. The van der Waals surface area contributed by atoms with Crippen molar-refractivity contribution >= 4 is 40.4 Å². The first-order chi connectivity index (χ1) is 31.1. The molecule has 0 heterocycles. The van der Waals surface area contributed by atoms with Gasteiger partial charge in [-0.15, -0.1) is 0 Å². The summed E-state index contributed by atoms with van der Waals surface area (Å²) in [6, 6.07) is 0. The van der Waals surface area contributed by atoms with Crippen molar-refractivity contribution < 1.29 is 39.3 Å². The van der Waals surface area contributed by atoms with E-state index in [4.69, 9.17) is 0 Å². The lowest BCUT2D eigenvalue weighted by Gasteiger charge is -2.38. The summed E-state index contributed by atoms with van der Waals surface area (Å²) >= 11 is 0.396. The van der Waals surface area contributed by atoms with Gasteiger partial charge in [0.2, 0.25) is 22.5 Å². The predicted molar refractivity (Wildman–Crippen MR) is 269 cm³/mol. The highest BCUT2D eigenvalue weighted by Crippen LogP contribution is 2.30. The number of hydrogen-bond acceptors (Lipinski definition) is 8. The molecule has 64 heavy (non-hydrogen) atoms. The van der Waals surface area contributed by atoms with E-state index in [0.717, 1.165) is 70.6 Å². The number of aliphatic carboxylic acids is 1. The molecule has 0 radical (unpaired) electrons. The molecule has 2 atom stereocenters. The maximum absolute atomic E-state index is 14.3. The summed E-state index contributed by atoms with van der Waals surface area (Å²) in [6.45, 7) is 5.83. The van der Waals surface area contributed by atoms with Gasteiger partial charge >= 0.3 is 5.97 Å². The first kappa shape index (κ1) is 62.2. The quantitative estimate of drug-likeness (QED) is 0.0400. The lowest BCUT2D eigenvalue weighted by atomic mass is 9.88. The Labute approximate surface area is 397 Å². The number of unbranched alkanes of at least 4 members (excludes halogenated alkanes) is 36. The molecule has 3 N–H and O–H groups in total. The van der Waals surface area contributed by atoms with Crippen molar-refractivity contribution in [1.82, 2.24) is 4.90 Å². The molecule has 0 bridgehead atoms. The van der Waals surface area contributed by atoms with Gasteiger partial charge in [-0.2, -0.15) is 0 Å². The monoisotopic (exact) mass is 924 g/mol. The number of nitrogens with zero attached hydrogens (tertiary/aromatic N) is 1. The second-order valence-corrected chi connectivity index (χ2v) is 20.0. The topological polar surface area (TPSA) is 149 Å². The number of carboxylic acid groups (broad SMARTS) is 1. The van der Waals surface area contributed by atoms with Gasteiger partial charge in [0.25, 0.3) is 0 Å². The van der Waals surface area contributed by atoms with Crippen LogP contribution in [0.5, 0.6) is 0 Å². The molecule has 2 amide bonds. The summed E-state index contributed by atoms with van der Waals surface area (Å²) in [5, 5.41) is 29.5. The minimum absolute atomic E-state index is 0.0684. The fraction of sp³-hybridized carbons (Fsp3) is 0.907. The van der Waals surface area contributed by atoms with E-state index in [9.17, 15) is 39.3 Å². The maximum atomic E-state index is 14.3. The van der Waals surface area contributed by atoms with E-state index in [2.05, 4.69) is 20.8 Å². The average Bonchev–Trinajstić information content (AvgIpc) is 3.28. The van der Waals surface area contributed by atoms with Crippen molar-refractivity contribution in [3.05, 3.63) is 0 Å². The van der Waals surface area contributed by atoms with Gasteiger partial charge in [-0.05, 0) is 19.3 Å². The average molecular weight is 924 g/mol. The third kappa shape index (κ3) is 32.0. The van der Waals surface area contributed by atoms with Crippen LogP contribution in [0, 0.1) is 0 Å². The maximum Gasteiger partial charge on any atom is 0.338 e. The molecule has 0 spiro atoms. The fourth-order valence-corrected chi connectivity index (χ4v) is 9.81. The van der Waals surface area contributed by atoms with Crippen LogP contribution in [0.1, 0.15) is 290 Å². The number of hydrogen-bond donors (Lipinski definition) is 3. The van der Waals surface area contributed by atoms with Gasteiger partial charge in [-0.25, -0.2) is 4.79 Å². The zero-order chi connectivity index (χ0) is 47.4. The van der Waals surface area contributed by atoms with Crippen molar-refractivity contribution in [2.75, 3.05) is 12.4 Å². The predicted octanol–water partition coefficient (Wildman–Crippen LogP) is 14.8. The van der Waals surface area contributed by atoms with E-state index in [1.54, 1.807) is 0 Å².